The van der Waals surface area contributed by atoms with Crippen LogP contribution in [0.25, 0.3) is 33.5 Å². The van der Waals surface area contributed by atoms with E-state index in [1.54, 1.807) is 31.1 Å². The van der Waals surface area contributed by atoms with Crippen molar-refractivity contribution < 1.29 is 23.7 Å². The molecule has 8 nitrogen and oxygen atoms in total. The number of carbonyl (C=O) groups is 2. The first kappa shape index (κ1) is 30.4. The Morgan fingerprint density at radius 1 is 0.889 bits per heavy atom. The van der Waals surface area contributed by atoms with Crippen LogP contribution >= 0.6 is 11.6 Å². The SMILES string of the molecule is CN(C)C(=O)c1ccc(-c2ccc(Cl)cc2)c(COc2ccc(-c3[nH]c4cc(C(=O)ON)ccc4[n+]3C3CCCCC3)cc2)c1. The summed E-state index contributed by atoms with van der Waals surface area (Å²) in [6.07, 6.45) is 5.83. The van der Waals surface area contributed by atoms with Crippen molar-refractivity contribution in [2.24, 2.45) is 5.90 Å². The zero-order valence-electron chi connectivity index (χ0n) is 25.4. The van der Waals surface area contributed by atoms with E-state index < -0.39 is 5.97 Å². The number of halogens is 1. The fourth-order valence-corrected chi connectivity index (χ4v) is 6.29. The Balaban J connectivity index is 1.30. The molecule has 0 radical (unpaired) electrons. The molecule has 0 unspecified atom stereocenters. The molecule has 1 aliphatic carbocycles. The number of nitrogens with zero attached hydrogens (tertiary/aromatic N) is 2. The molecule has 1 fully saturated rings. The minimum Gasteiger partial charge on any atom is -0.489 e. The highest BCUT2D eigenvalue weighted by molar-refractivity contribution is 6.30. The predicted molar refractivity (Wildman–Crippen MR) is 175 cm³/mol. The lowest BCUT2D eigenvalue weighted by Gasteiger charge is -2.20. The lowest BCUT2D eigenvalue weighted by Crippen LogP contribution is -2.41. The van der Waals surface area contributed by atoms with Gasteiger partial charge in [0.1, 0.15) is 18.4 Å². The van der Waals surface area contributed by atoms with Crippen LogP contribution in [0.15, 0.2) is 84.9 Å². The Morgan fingerprint density at radius 3 is 2.27 bits per heavy atom. The van der Waals surface area contributed by atoms with E-state index in [1.807, 2.05) is 72.8 Å². The molecule has 3 N–H and O–H groups in total. The molecule has 6 rings (SSSR count). The van der Waals surface area contributed by atoms with Crippen LogP contribution < -0.4 is 15.2 Å². The Labute approximate surface area is 267 Å². The molecule has 1 amide bonds. The van der Waals surface area contributed by atoms with Gasteiger partial charge in [-0.1, -0.05) is 36.2 Å². The zero-order valence-corrected chi connectivity index (χ0v) is 26.1. The molecule has 0 bridgehead atoms. The Kier molecular flexibility index (Phi) is 8.87. The molecule has 1 aliphatic rings. The minimum absolute atomic E-state index is 0.0695. The van der Waals surface area contributed by atoms with Gasteiger partial charge in [-0.05, 0) is 103 Å². The van der Waals surface area contributed by atoms with Gasteiger partial charge in [-0.15, -0.1) is 0 Å². The van der Waals surface area contributed by atoms with E-state index in [4.69, 9.17) is 22.2 Å². The molecule has 230 valence electrons. The lowest BCUT2D eigenvalue weighted by molar-refractivity contribution is -0.690. The van der Waals surface area contributed by atoms with Crippen LogP contribution in [0.3, 0.4) is 0 Å². The molecule has 1 saturated carbocycles. The van der Waals surface area contributed by atoms with Crippen molar-refractivity contribution in [3.63, 3.8) is 0 Å². The first-order valence-corrected chi connectivity index (χ1v) is 15.5. The molecule has 5 aromatic rings. The summed E-state index contributed by atoms with van der Waals surface area (Å²) in [6, 6.07) is 27.2. The third-order valence-electron chi connectivity index (χ3n) is 8.47. The quantitative estimate of drug-likeness (QED) is 0.140. The molecule has 0 atom stereocenters. The molecule has 0 spiro atoms. The van der Waals surface area contributed by atoms with Gasteiger partial charge < -0.3 is 14.5 Å². The summed E-state index contributed by atoms with van der Waals surface area (Å²) in [5.41, 5.74) is 6.74. The van der Waals surface area contributed by atoms with Crippen LogP contribution in [0, 0.1) is 0 Å². The highest BCUT2D eigenvalue weighted by Gasteiger charge is 2.29. The summed E-state index contributed by atoms with van der Waals surface area (Å²) in [7, 11) is 3.48. The van der Waals surface area contributed by atoms with E-state index in [1.165, 1.54) is 19.3 Å². The van der Waals surface area contributed by atoms with E-state index in [2.05, 4.69) is 14.4 Å². The number of aromatic nitrogens is 2. The van der Waals surface area contributed by atoms with Gasteiger partial charge in [0.25, 0.3) is 11.7 Å². The van der Waals surface area contributed by atoms with Gasteiger partial charge in [0.05, 0.1) is 11.1 Å². The zero-order chi connectivity index (χ0) is 31.5. The first-order chi connectivity index (χ1) is 21.8. The van der Waals surface area contributed by atoms with Gasteiger partial charge >= 0.3 is 5.97 Å². The van der Waals surface area contributed by atoms with Crippen molar-refractivity contribution in [3.8, 4) is 28.3 Å². The third kappa shape index (κ3) is 6.43. The van der Waals surface area contributed by atoms with Crippen molar-refractivity contribution in [1.82, 2.24) is 9.88 Å². The standard InChI is InChI=1S/C36H35ClN4O4/c1-40(2)35(42)25-12-18-31(23-8-14-28(37)15-9-23)27(20-25)22-44-30-16-10-24(11-17-30)34-39-32-21-26(36(43)45-38)13-19-33(32)41(34)29-6-4-3-5-7-29/h8-21,29H,3-7,22,38H2,1-2H3/p+1. The number of benzene rings is 4. The summed E-state index contributed by atoms with van der Waals surface area (Å²) in [6.45, 7) is 0.278. The first-order valence-electron chi connectivity index (χ1n) is 15.1. The van der Waals surface area contributed by atoms with Crippen molar-refractivity contribution in [2.75, 3.05) is 14.1 Å². The monoisotopic (exact) mass is 623 g/mol. The summed E-state index contributed by atoms with van der Waals surface area (Å²) >= 11 is 6.14. The fourth-order valence-electron chi connectivity index (χ4n) is 6.16. The average molecular weight is 624 g/mol. The number of hydrogen-bond acceptors (Lipinski definition) is 5. The van der Waals surface area contributed by atoms with Gasteiger partial charge in [-0.3, -0.25) is 4.79 Å². The largest absolute Gasteiger partial charge is 0.489 e. The molecule has 4 aromatic carbocycles. The summed E-state index contributed by atoms with van der Waals surface area (Å²) in [4.78, 5) is 34.4. The molecule has 0 aliphatic heterocycles. The Bertz CT molecular complexity index is 1840. The topological polar surface area (TPSA) is 102 Å². The van der Waals surface area contributed by atoms with E-state index in [0.717, 1.165) is 52.0 Å². The smallest absolute Gasteiger partial charge is 0.356 e. The Hall–Kier alpha value is -4.66. The van der Waals surface area contributed by atoms with Gasteiger partial charge in [0.2, 0.25) is 0 Å². The van der Waals surface area contributed by atoms with Crippen molar-refractivity contribution in [2.45, 2.75) is 44.8 Å². The van der Waals surface area contributed by atoms with E-state index >= 15 is 0 Å². The van der Waals surface area contributed by atoms with E-state index in [-0.39, 0.29) is 12.5 Å². The molecule has 1 heterocycles. The van der Waals surface area contributed by atoms with Crippen LogP contribution in [0.4, 0.5) is 0 Å². The highest BCUT2D eigenvalue weighted by atomic mass is 35.5. The van der Waals surface area contributed by atoms with Crippen molar-refractivity contribution >= 4 is 34.5 Å². The number of fused-ring (bicyclic) bond motifs is 1. The number of hydrogen-bond donors (Lipinski definition) is 2. The van der Waals surface area contributed by atoms with Crippen LogP contribution in [-0.4, -0.2) is 35.9 Å². The molecule has 0 saturated heterocycles. The summed E-state index contributed by atoms with van der Waals surface area (Å²) < 4.78 is 8.66. The molecule has 9 heteroatoms. The molecular weight excluding hydrogens is 588 g/mol. The molecule has 1 aromatic heterocycles. The number of H-pyrrole nitrogens is 1. The van der Waals surface area contributed by atoms with Crippen molar-refractivity contribution in [1.29, 1.82) is 0 Å². The van der Waals surface area contributed by atoms with Crippen LogP contribution in [0.2, 0.25) is 5.02 Å². The van der Waals surface area contributed by atoms with Crippen molar-refractivity contribution in [3.05, 3.63) is 107 Å². The van der Waals surface area contributed by atoms with Gasteiger partial charge in [-0.25, -0.2) is 14.3 Å². The minimum atomic E-state index is -0.574. The average Bonchev–Trinajstić information content (AvgIpc) is 3.46. The lowest BCUT2D eigenvalue weighted by atomic mass is 9.95. The van der Waals surface area contributed by atoms with E-state index in [0.29, 0.717) is 27.9 Å². The second-order valence-electron chi connectivity index (χ2n) is 11.7. The van der Waals surface area contributed by atoms with Crippen LogP contribution in [0.1, 0.15) is 64.4 Å². The second-order valence-corrected chi connectivity index (χ2v) is 12.1. The van der Waals surface area contributed by atoms with Gasteiger partial charge in [0.15, 0.2) is 11.0 Å². The molecular formula is C36H36ClN4O4+. The van der Waals surface area contributed by atoms with Crippen LogP contribution in [0.5, 0.6) is 5.75 Å². The van der Waals surface area contributed by atoms with E-state index in [9.17, 15) is 9.59 Å². The fraction of sp³-hybridized carbons (Fsp3) is 0.250. The predicted octanol–water partition coefficient (Wildman–Crippen LogP) is 7.26. The number of imidazole rings is 1. The highest BCUT2D eigenvalue weighted by Crippen LogP contribution is 2.31. The third-order valence-corrected chi connectivity index (χ3v) is 8.72. The number of ether oxygens (including phenoxy) is 1. The summed E-state index contributed by atoms with van der Waals surface area (Å²) in [5, 5.41) is 0.661. The number of aromatic amines is 1. The maximum absolute atomic E-state index is 12.7. The maximum Gasteiger partial charge on any atom is 0.356 e. The number of amides is 1. The number of nitrogens with two attached hydrogens (primary N) is 1. The number of nitrogens with one attached hydrogen (secondary N) is 1. The van der Waals surface area contributed by atoms with Gasteiger partial charge in [0, 0.05) is 30.7 Å². The molecule has 45 heavy (non-hydrogen) atoms. The Morgan fingerprint density at radius 2 is 1.58 bits per heavy atom. The summed E-state index contributed by atoms with van der Waals surface area (Å²) in [5.74, 6) is 6.18. The second kappa shape index (κ2) is 13.1. The normalized spacial score (nSPS) is 13.5. The number of rotatable bonds is 8. The number of carbonyl (C=O) groups excluding carboxylic acids is 2. The van der Waals surface area contributed by atoms with Crippen LogP contribution in [-0.2, 0) is 11.4 Å². The van der Waals surface area contributed by atoms with Gasteiger partial charge in [-0.2, -0.15) is 5.90 Å². The maximum atomic E-state index is 12.7.